The maximum atomic E-state index is 11.8. The molecule has 1 aromatic rings. The van der Waals surface area contributed by atoms with Crippen molar-refractivity contribution in [3.63, 3.8) is 0 Å². The SMILES string of the molecule is CC(C)n1nccc1NC(=O)CNCC1CCCO1. The van der Waals surface area contributed by atoms with E-state index in [1.165, 1.54) is 0 Å². The van der Waals surface area contributed by atoms with Gasteiger partial charge in [0.25, 0.3) is 0 Å². The molecule has 1 fully saturated rings. The Balaban J connectivity index is 1.72. The molecule has 6 nitrogen and oxygen atoms in total. The second kappa shape index (κ2) is 6.68. The molecule has 2 N–H and O–H groups in total. The number of amides is 1. The highest BCUT2D eigenvalue weighted by atomic mass is 16.5. The number of carbonyl (C=O) groups excluding carboxylic acids is 1. The van der Waals surface area contributed by atoms with Gasteiger partial charge in [-0.15, -0.1) is 0 Å². The van der Waals surface area contributed by atoms with Crippen LogP contribution in [-0.4, -0.2) is 41.5 Å². The Kier molecular flexibility index (Phi) is 4.93. The van der Waals surface area contributed by atoms with Gasteiger partial charge in [0.15, 0.2) is 0 Å². The maximum absolute atomic E-state index is 11.8. The van der Waals surface area contributed by atoms with Gasteiger partial charge in [0.2, 0.25) is 5.91 Å². The minimum atomic E-state index is -0.0552. The zero-order chi connectivity index (χ0) is 13.7. The third kappa shape index (κ3) is 4.04. The lowest BCUT2D eigenvalue weighted by Crippen LogP contribution is -2.34. The summed E-state index contributed by atoms with van der Waals surface area (Å²) < 4.78 is 7.27. The highest BCUT2D eigenvalue weighted by Crippen LogP contribution is 2.13. The van der Waals surface area contributed by atoms with E-state index in [9.17, 15) is 4.79 Å². The fourth-order valence-corrected chi connectivity index (χ4v) is 2.16. The molecule has 1 amide bonds. The Morgan fingerprint density at radius 3 is 3.16 bits per heavy atom. The summed E-state index contributed by atoms with van der Waals surface area (Å²) in [6, 6.07) is 2.03. The Labute approximate surface area is 113 Å². The second-order valence-electron chi connectivity index (χ2n) is 5.07. The van der Waals surface area contributed by atoms with Gasteiger partial charge in [0, 0.05) is 25.3 Å². The molecule has 1 aliphatic heterocycles. The van der Waals surface area contributed by atoms with E-state index in [1.54, 1.807) is 16.9 Å². The van der Waals surface area contributed by atoms with Gasteiger partial charge in [-0.25, -0.2) is 4.68 Å². The molecule has 0 saturated carbocycles. The quantitative estimate of drug-likeness (QED) is 0.811. The summed E-state index contributed by atoms with van der Waals surface area (Å²) in [5.41, 5.74) is 0. The number of anilines is 1. The highest BCUT2D eigenvalue weighted by molar-refractivity contribution is 5.91. The fourth-order valence-electron chi connectivity index (χ4n) is 2.16. The van der Waals surface area contributed by atoms with Crippen LogP contribution < -0.4 is 10.6 Å². The zero-order valence-electron chi connectivity index (χ0n) is 11.6. The van der Waals surface area contributed by atoms with Crippen molar-refractivity contribution < 1.29 is 9.53 Å². The monoisotopic (exact) mass is 266 g/mol. The molecule has 0 spiro atoms. The Morgan fingerprint density at radius 2 is 2.47 bits per heavy atom. The van der Waals surface area contributed by atoms with Gasteiger partial charge < -0.3 is 15.4 Å². The molecule has 1 atom stereocenters. The zero-order valence-corrected chi connectivity index (χ0v) is 11.6. The molecule has 0 bridgehead atoms. The third-order valence-corrected chi connectivity index (χ3v) is 3.11. The van der Waals surface area contributed by atoms with E-state index in [0.29, 0.717) is 6.54 Å². The number of hydrogen-bond donors (Lipinski definition) is 2. The van der Waals surface area contributed by atoms with Gasteiger partial charge >= 0.3 is 0 Å². The molecule has 0 radical (unpaired) electrons. The van der Waals surface area contributed by atoms with Crippen molar-refractivity contribution in [1.29, 1.82) is 0 Å². The number of nitrogens with zero attached hydrogens (tertiary/aromatic N) is 2. The van der Waals surface area contributed by atoms with Gasteiger partial charge in [-0.2, -0.15) is 5.10 Å². The summed E-state index contributed by atoms with van der Waals surface area (Å²) >= 11 is 0. The van der Waals surface area contributed by atoms with E-state index in [-0.39, 0.29) is 18.1 Å². The average Bonchev–Trinajstić information content (AvgIpc) is 2.99. The molecule has 19 heavy (non-hydrogen) atoms. The lowest BCUT2D eigenvalue weighted by Gasteiger charge is -2.13. The summed E-state index contributed by atoms with van der Waals surface area (Å²) in [5.74, 6) is 0.680. The van der Waals surface area contributed by atoms with Crippen molar-refractivity contribution in [3.05, 3.63) is 12.3 Å². The van der Waals surface area contributed by atoms with Crippen LogP contribution in [0.3, 0.4) is 0 Å². The number of hydrogen-bond acceptors (Lipinski definition) is 4. The molecule has 0 aliphatic carbocycles. The van der Waals surface area contributed by atoms with Crippen LogP contribution in [-0.2, 0) is 9.53 Å². The first-order chi connectivity index (χ1) is 9.16. The molecule has 1 saturated heterocycles. The minimum Gasteiger partial charge on any atom is -0.377 e. The van der Waals surface area contributed by atoms with Crippen LogP contribution >= 0.6 is 0 Å². The van der Waals surface area contributed by atoms with E-state index in [1.807, 2.05) is 13.8 Å². The standard InChI is InChI=1S/C13H22N4O2/c1-10(2)17-12(5-6-15-17)16-13(18)9-14-8-11-4-3-7-19-11/h5-6,10-11,14H,3-4,7-9H2,1-2H3,(H,16,18). The topological polar surface area (TPSA) is 68.2 Å². The van der Waals surface area contributed by atoms with Crippen LogP contribution in [0.1, 0.15) is 32.7 Å². The van der Waals surface area contributed by atoms with Gasteiger partial charge in [0.1, 0.15) is 5.82 Å². The van der Waals surface area contributed by atoms with Crippen LogP contribution in [0.4, 0.5) is 5.82 Å². The summed E-state index contributed by atoms with van der Waals surface area (Å²) in [7, 11) is 0. The van der Waals surface area contributed by atoms with Gasteiger partial charge in [-0.3, -0.25) is 4.79 Å². The molecule has 2 rings (SSSR count). The van der Waals surface area contributed by atoms with Crippen molar-refractivity contribution >= 4 is 11.7 Å². The lowest BCUT2D eigenvalue weighted by molar-refractivity contribution is -0.115. The number of aromatic nitrogens is 2. The van der Waals surface area contributed by atoms with E-state index in [0.717, 1.165) is 31.8 Å². The van der Waals surface area contributed by atoms with Crippen LogP contribution in [0.5, 0.6) is 0 Å². The normalized spacial score (nSPS) is 19.0. The number of ether oxygens (including phenoxy) is 1. The first kappa shape index (κ1) is 14.0. The van der Waals surface area contributed by atoms with Crippen LogP contribution in [0.2, 0.25) is 0 Å². The lowest BCUT2D eigenvalue weighted by atomic mass is 10.2. The Hall–Kier alpha value is -1.40. The second-order valence-corrected chi connectivity index (χ2v) is 5.07. The van der Waals surface area contributed by atoms with E-state index >= 15 is 0 Å². The van der Waals surface area contributed by atoms with Crippen molar-refractivity contribution in [1.82, 2.24) is 15.1 Å². The molecule has 1 aliphatic rings. The van der Waals surface area contributed by atoms with Crippen LogP contribution in [0, 0.1) is 0 Å². The molecular weight excluding hydrogens is 244 g/mol. The molecule has 106 valence electrons. The summed E-state index contributed by atoms with van der Waals surface area (Å²) in [6.45, 7) is 5.92. The van der Waals surface area contributed by atoms with Crippen molar-refractivity contribution in [2.24, 2.45) is 0 Å². The summed E-state index contributed by atoms with van der Waals surface area (Å²) in [5, 5.41) is 10.2. The van der Waals surface area contributed by atoms with E-state index < -0.39 is 0 Å². The number of rotatable bonds is 6. The van der Waals surface area contributed by atoms with Crippen LogP contribution in [0.25, 0.3) is 0 Å². The first-order valence-electron chi connectivity index (χ1n) is 6.82. The molecular formula is C13H22N4O2. The molecule has 1 unspecified atom stereocenters. The Morgan fingerprint density at radius 1 is 1.63 bits per heavy atom. The van der Waals surface area contributed by atoms with E-state index in [2.05, 4.69) is 15.7 Å². The van der Waals surface area contributed by atoms with Crippen molar-refractivity contribution in [2.75, 3.05) is 25.0 Å². The smallest absolute Gasteiger partial charge is 0.239 e. The molecule has 2 heterocycles. The van der Waals surface area contributed by atoms with Crippen molar-refractivity contribution in [3.8, 4) is 0 Å². The first-order valence-corrected chi connectivity index (χ1v) is 6.82. The average molecular weight is 266 g/mol. The highest BCUT2D eigenvalue weighted by Gasteiger charge is 2.15. The molecule has 1 aromatic heterocycles. The fraction of sp³-hybridized carbons (Fsp3) is 0.692. The summed E-state index contributed by atoms with van der Waals surface area (Å²) in [4.78, 5) is 11.8. The van der Waals surface area contributed by atoms with Gasteiger partial charge in [-0.1, -0.05) is 0 Å². The largest absolute Gasteiger partial charge is 0.377 e. The van der Waals surface area contributed by atoms with Gasteiger partial charge in [-0.05, 0) is 26.7 Å². The molecule has 0 aromatic carbocycles. The number of carbonyl (C=O) groups is 1. The Bertz CT molecular complexity index is 411. The maximum Gasteiger partial charge on any atom is 0.239 e. The summed E-state index contributed by atoms with van der Waals surface area (Å²) in [6.07, 6.45) is 4.14. The van der Waals surface area contributed by atoms with Crippen molar-refractivity contribution in [2.45, 2.75) is 38.8 Å². The predicted molar refractivity (Wildman–Crippen MR) is 73.1 cm³/mol. The third-order valence-electron chi connectivity index (χ3n) is 3.11. The van der Waals surface area contributed by atoms with E-state index in [4.69, 9.17) is 4.74 Å². The molecule has 6 heteroatoms. The van der Waals surface area contributed by atoms with Crippen LogP contribution in [0.15, 0.2) is 12.3 Å². The number of nitrogens with one attached hydrogen (secondary N) is 2. The van der Waals surface area contributed by atoms with Gasteiger partial charge in [0.05, 0.1) is 18.8 Å². The minimum absolute atomic E-state index is 0.0552. The predicted octanol–water partition coefficient (Wildman–Crippen LogP) is 1.17.